The first kappa shape index (κ1) is 12.9. The van der Waals surface area contributed by atoms with Crippen molar-refractivity contribution in [2.24, 2.45) is 0 Å². The lowest BCUT2D eigenvalue weighted by Crippen LogP contribution is -2.30. The molecule has 4 nitrogen and oxygen atoms in total. The van der Waals surface area contributed by atoms with Crippen LogP contribution in [-0.2, 0) is 4.74 Å². The Bertz CT molecular complexity index is 253. The topological polar surface area (TPSA) is 50.4 Å². The normalized spacial score (nSPS) is 23.8. The van der Waals surface area contributed by atoms with Crippen LogP contribution in [0.3, 0.4) is 0 Å². The third kappa shape index (κ3) is 4.13. The van der Waals surface area contributed by atoms with E-state index < -0.39 is 0 Å². The van der Waals surface area contributed by atoms with Crippen LogP contribution in [0.15, 0.2) is 12.3 Å². The molecule has 1 heterocycles. The fraction of sp³-hybridized carbons (Fsp3) is 0.750. The van der Waals surface area contributed by atoms with E-state index in [9.17, 15) is 4.79 Å². The molecule has 0 radical (unpaired) electrons. The average molecular weight is 226 g/mol. The van der Waals surface area contributed by atoms with E-state index in [1.165, 1.54) is 0 Å². The number of amides is 2. The first-order valence-electron chi connectivity index (χ1n) is 5.92. The molecule has 1 rings (SSSR count). The lowest BCUT2D eigenvalue weighted by molar-refractivity contribution is 0.247. The van der Waals surface area contributed by atoms with Crippen molar-refractivity contribution in [3.8, 4) is 0 Å². The summed E-state index contributed by atoms with van der Waals surface area (Å²) in [4.78, 5) is 11.0. The zero-order valence-corrected chi connectivity index (χ0v) is 10.2. The van der Waals surface area contributed by atoms with Crippen LogP contribution in [0.2, 0.25) is 0 Å². The largest absolute Gasteiger partial charge is 0.502 e. The second-order valence-electron chi connectivity index (χ2n) is 4.36. The Morgan fingerprint density at radius 2 is 2.12 bits per heavy atom. The summed E-state index contributed by atoms with van der Waals surface area (Å²) >= 11 is 0. The maximum atomic E-state index is 11.0. The van der Waals surface area contributed by atoms with Gasteiger partial charge in [-0.25, -0.2) is 4.79 Å². The van der Waals surface area contributed by atoms with Crippen molar-refractivity contribution < 1.29 is 9.53 Å². The molecule has 0 bridgehead atoms. The summed E-state index contributed by atoms with van der Waals surface area (Å²) < 4.78 is 5.00. The first-order valence-corrected chi connectivity index (χ1v) is 5.92. The van der Waals surface area contributed by atoms with E-state index in [-0.39, 0.29) is 18.1 Å². The molecule has 1 aliphatic rings. The number of nitrogens with one attached hydrogen (secondary N) is 2. The van der Waals surface area contributed by atoms with E-state index in [4.69, 9.17) is 4.74 Å². The minimum absolute atomic E-state index is 0.0368. The fourth-order valence-electron chi connectivity index (χ4n) is 1.93. The van der Waals surface area contributed by atoms with Gasteiger partial charge < -0.3 is 15.4 Å². The molecular weight excluding hydrogens is 204 g/mol. The highest BCUT2D eigenvalue weighted by Gasteiger charge is 2.26. The average Bonchev–Trinajstić information content (AvgIpc) is 2.56. The van der Waals surface area contributed by atoms with Gasteiger partial charge in [-0.05, 0) is 19.8 Å². The number of carbonyl (C=O) groups excluding carboxylic acids is 1. The van der Waals surface area contributed by atoms with Gasteiger partial charge >= 0.3 is 6.03 Å². The van der Waals surface area contributed by atoms with Crippen LogP contribution < -0.4 is 10.6 Å². The lowest BCUT2D eigenvalue weighted by atomic mass is 10.0. The smallest absolute Gasteiger partial charge is 0.315 e. The summed E-state index contributed by atoms with van der Waals surface area (Å²) in [5, 5.41) is 5.77. The molecule has 1 fully saturated rings. The Morgan fingerprint density at radius 3 is 2.69 bits per heavy atom. The van der Waals surface area contributed by atoms with E-state index >= 15 is 0 Å². The molecule has 1 aliphatic heterocycles. The molecule has 0 aromatic heterocycles. The van der Waals surface area contributed by atoms with Crippen molar-refractivity contribution in [2.75, 3.05) is 7.11 Å². The Kier molecular flexibility index (Phi) is 5.15. The molecule has 0 aromatic carbocycles. The molecule has 2 atom stereocenters. The summed E-state index contributed by atoms with van der Waals surface area (Å²) in [5.74, 6) is 0.851. The minimum Gasteiger partial charge on any atom is -0.502 e. The standard InChI is InChI=1S/C12H22N2O2/c1-9(16-3)7-5-4-6-8-11-10(2)13-12(15)14-11/h10-11H,1,4-8H2,2-3H3,(H2,13,14,15)/t10-,11+/m0/s1. The number of allylic oxidation sites excluding steroid dienone is 1. The van der Waals surface area contributed by atoms with E-state index in [1.807, 2.05) is 6.92 Å². The van der Waals surface area contributed by atoms with Crippen molar-refractivity contribution in [3.05, 3.63) is 12.3 Å². The van der Waals surface area contributed by atoms with Crippen LogP contribution in [0.5, 0.6) is 0 Å². The molecule has 4 heteroatoms. The molecule has 92 valence electrons. The van der Waals surface area contributed by atoms with Crippen LogP contribution in [0, 0.1) is 0 Å². The number of methoxy groups -OCH3 is 1. The number of unbranched alkanes of at least 4 members (excludes halogenated alkanes) is 2. The van der Waals surface area contributed by atoms with Gasteiger partial charge in [-0.15, -0.1) is 0 Å². The van der Waals surface area contributed by atoms with Gasteiger partial charge in [-0.1, -0.05) is 19.4 Å². The molecule has 0 aromatic rings. The van der Waals surface area contributed by atoms with Crippen molar-refractivity contribution in [2.45, 2.75) is 51.1 Å². The molecule has 0 unspecified atom stereocenters. The number of hydrogen-bond acceptors (Lipinski definition) is 2. The maximum Gasteiger partial charge on any atom is 0.315 e. The van der Waals surface area contributed by atoms with Crippen molar-refractivity contribution >= 4 is 6.03 Å². The number of ether oxygens (including phenoxy) is 1. The molecule has 0 spiro atoms. The van der Waals surface area contributed by atoms with Crippen molar-refractivity contribution in [1.82, 2.24) is 10.6 Å². The summed E-state index contributed by atoms with van der Waals surface area (Å²) in [5.41, 5.74) is 0. The number of urea groups is 1. The third-order valence-corrected chi connectivity index (χ3v) is 3.04. The SMILES string of the molecule is C=C(CCCCC[C@H]1NC(=O)N[C@H]1C)OC. The van der Waals surface area contributed by atoms with Crippen LogP contribution in [0.1, 0.15) is 39.0 Å². The van der Waals surface area contributed by atoms with Crippen LogP contribution in [0.4, 0.5) is 4.79 Å². The van der Waals surface area contributed by atoms with Gasteiger partial charge in [0.2, 0.25) is 0 Å². The zero-order valence-electron chi connectivity index (χ0n) is 10.2. The molecular formula is C12H22N2O2. The molecule has 16 heavy (non-hydrogen) atoms. The molecule has 0 saturated carbocycles. The van der Waals surface area contributed by atoms with E-state index in [0.29, 0.717) is 0 Å². The molecule has 2 amide bonds. The second-order valence-corrected chi connectivity index (χ2v) is 4.36. The highest BCUT2D eigenvalue weighted by Crippen LogP contribution is 2.13. The minimum atomic E-state index is -0.0368. The zero-order chi connectivity index (χ0) is 12.0. The lowest BCUT2D eigenvalue weighted by Gasteiger charge is -2.13. The summed E-state index contributed by atoms with van der Waals surface area (Å²) in [6.45, 7) is 5.82. The van der Waals surface area contributed by atoms with Gasteiger partial charge in [0.15, 0.2) is 0 Å². The maximum absolute atomic E-state index is 11.0. The quantitative estimate of drug-likeness (QED) is 0.516. The van der Waals surface area contributed by atoms with Crippen LogP contribution in [-0.4, -0.2) is 25.2 Å². The van der Waals surface area contributed by atoms with E-state index in [2.05, 4.69) is 17.2 Å². The predicted molar refractivity (Wildman–Crippen MR) is 64.2 cm³/mol. The molecule has 0 aliphatic carbocycles. The second kappa shape index (κ2) is 6.40. The van der Waals surface area contributed by atoms with Crippen LogP contribution in [0.25, 0.3) is 0 Å². The van der Waals surface area contributed by atoms with Gasteiger partial charge in [0.05, 0.1) is 18.9 Å². The molecule has 1 saturated heterocycles. The van der Waals surface area contributed by atoms with Crippen molar-refractivity contribution in [3.63, 3.8) is 0 Å². The van der Waals surface area contributed by atoms with Gasteiger partial charge in [0.25, 0.3) is 0 Å². The Balaban J connectivity index is 2.03. The fourth-order valence-corrected chi connectivity index (χ4v) is 1.93. The Hall–Kier alpha value is -1.19. The van der Waals surface area contributed by atoms with Crippen LogP contribution >= 0.6 is 0 Å². The van der Waals surface area contributed by atoms with E-state index in [1.54, 1.807) is 7.11 Å². The monoisotopic (exact) mass is 226 g/mol. The van der Waals surface area contributed by atoms with Gasteiger partial charge in [0.1, 0.15) is 0 Å². The van der Waals surface area contributed by atoms with Gasteiger partial charge in [-0.2, -0.15) is 0 Å². The highest BCUT2D eigenvalue weighted by molar-refractivity contribution is 5.77. The van der Waals surface area contributed by atoms with Gasteiger partial charge in [-0.3, -0.25) is 0 Å². The number of carbonyl (C=O) groups is 1. The number of rotatable bonds is 7. The van der Waals surface area contributed by atoms with Gasteiger partial charge in [0, 0.05) is 12.5 Å². The third-order valence-electron chi connectivity index (χ3n) is 3.04. The first-order chi connectivity index (χ1) is 7.63. The number of hydrogen-bond donors (Lipinski definition) is 2. The summed E-state index contributed by atoms with van der Waals surface area (Å²) in [6.07, 6.45) is 5.37. The Morgan fingerprint density at radius 1 is 1.38 bits per heavy atom. The highest BCUT2D eigenvalue weighted by atomic mass is 16.5. The summed E-state index contributed by atoms with van der Waals surface area (Å²) in [7, 11) is 1.66. The predicted octanol–water partition coefficient (Wildman–Crippen LogP) is 2.17. The van der Waals surface area contributed by atoms with E-state index in [0.717, 1.165) is 37.9 Å². The Labute approximate surface area is 97.4 Å². The summed E-state index contributed by atoms with van der Waals surface area (Å²) in [6, 6.07) is 0.504. The molecule has 2 N–H and O–H groups in total. The van der Waals surface area contributed by atoms with Crippen molar-refractivity contribution in [1.29, 1.82) is 0 Å².